The molecule has 1 amide bonds. The first-order valence-corrected chi connectivity index (χ1v) is 9.05. The van der Waals surface area contributed by atoms with Crippen LogP contribution in [0.1, 0.15) is 12.0 Å². The van der Waals surface area contributed by atoms with Gasteiger partial charge in [-0.05, 0) is 17.7 Å². The summed E-state index contributed by atoms with van der Waals surface area (Å²) in [7, 11) is 1.63. The lowest BCUT2D eigenvalue weighted by atomic mass is 9.91. The number of ether oxygens (including phenoxy) is 1. The lowest BCUT2D eigenvalue weighted by Gasteiger charge is -2.43. The van der Waals surface area contributed by atoms with Gasteiger partial charge in [-0.2, -0.15) is 13.2 Å². The highest BCUT2D eigenvalue weighted by atomic mass is 35.5. The first-order chi connectivity index (χ1) is 13.1. The maximum atomic E-state index is 12.0. The summed E-state index contributed by atoms with van der Waals surface area (Å²) >= 11 is 5.91. The molecule has 3 rings (SSSR count). The summed E-state index contributed by atoms with van der Waals surface area (Å²) in [6.45, 7) is 4.31. The Bertz CT molecular complexity index is 684. The smallest absolute Gasteiger partial charge is 0.475 e. The van der Waals surface area contributed by atoms with Crippen LogP contribution in [0.4, 0.5) is 13.2 Å². The highest BCUT2D eigenvalue weighted by Gasteiger charge is 2.46. The van der Waals surface area contributed by atoms with E-state index in [-0.39, 0.29) is 5.91 Å². The van der Waals surface area contributed by atoms with Crippen LogP contribution < -0.4 is 0 Å². The van der Waals surface area contributed by atoms with Crippen LogP contribution in [0.5, 0.6) is 0 Å². The number of nitrogens with zero attached hydrogens (tertiary/aromatic N) is 2. The van der Waals surface area contributed by atoms with Gasteiger partial charge >= 0.3 is 12.1 Å². The predicted molar refractivity (Wildman–Crippen MR) is 95.9 cm³/mol. The first-order valence-electron chi connectivity index (χ1n) is 8.67. The number of alkyl halides is 3. The number of halogens is 4. The third-order valence-corrected chi connectivity index (χ3v) is 5.01. The zero-order valence-electron chi connectivity index (χ0n) is 15.3. The zero-order chi connectivity index (χ0) is 20.9. The van der Waals surface area contributed by atoms with Gasteiger partial charge in [0.25, 0.3) is 0 Å². The molecule has 2 aliphatic rings. The van der Waals surface area contributed by atoms with Crippen molar-refractivity contribution in [2.24, 2.45) is 5.92 Å². The molecule has 28 heavy (non-hydrogen) atoms. The SMILES string of the molecule is COCCC(=O)N1CC2CN(Cc3ccc(Cl)cc3)C2C1.O=C(O)C(F)(F)F. The fraction of sp³-hybridized carbons (Fsp3) is 0.556. The molecule has 0 aliphatic carbocycles. The van der Waals surface area contributed by atoms with E-state index in [0.717, 1.165) is 31.2 Å². The molecule has 2 saturated heterocycles. The van der Waals surface area contributed by atoms with Crippen molar-refractivity contribution in [3.63, 3.8) is 0 Å². The van der Waals surface area contributed by atoms with Gasteiger partial charge in [0.05, 0.1) is 13.0 Å². The summed E-state index contributed by atoms with van der Waals surface area (Å²) in [5.41, 5.74) is 1.28. The number of methoxy groups -OCH3 is 1. The molecule has 2 atom stereocenters. The van der Waals surface area contributed by atoms with Gasteiger partial charge in [0.1, 0.15) is 0 Å². The number of amides is 1. The van der Waals surface area contributed by atoms with Crippen molar-refractivity contribution in [1.29, 1.82) is 0 Å². The third kappa shape index (κ3) is 6.08. The van der Waals surface area contributed by atoms with E-state index in [1.165, 1.54) is 5.56 Å². The molecule has 156 valence electrons. The van der Waals surface area contributed by atoms with Gasteiger partial charge in [-0.1, -0.05) is 23.7 Å². The normalized spacial score (nSPS) is 21.4. The van der Waals surface area contributed by atoms with E-state index in [0.29, 0.717) is 25.0 Å². The largest absolute Gasteiger partial charge is 0.490 e. The molecule has 2 aliphatic heterocycles. The molecule has 2 unspecified atom stereocenters. The predicted octanol–water partition coefficient (Wildman–Crippen LogP) is 2.65. The second kappa shape index (κ2) is 9.58. The average molecular weight is 423 g/mol. The summed E-state index contributed by atoms with van der Waals surface area (Å²) in [5, 5.41) is 7.90. The standard InChI is InChI=1S/C16H21ClN2O2.C2HF3O2/c1-21-7-6-16(20)19-10-13-9-18(15(13)11-19)8-12-2-4-14(17)5-3-12;3-2(4,5)1(6)7/h2-5,13,15H,6-11H2,1H3;(H,6,7). The van der Waals surface area contributed by atoms with Crippen molar-refractivity contribution in [3.05, 3.63) is 34.9 Å². The van der Waals surface area contributed by atoms with Crippen molar-refractivity contribution in [1.82, 2.24) is 9.80 Å². The van der Waals surface area contributed by atoms with Crippen molar-refractivity contribution >= 4 is 23.5 Å². The topological polar surface area (TPSA) is 70.1 Å². The van der Waals surface area contributed by atoms with E-state index in [4.69, 9.17) is 26.2 Å². The lowest BCUT2D eigenvalue weighted by Crippen LogP contribution is -2.54. The Balaban J connectivity index is 0.000000345. The number of rotatable bonds is 5. The summed E-state index contributed by atoms with van der Waals surface area (Å²) in [6, 6.07) is 8.54. The molecule has 6 nitrogen and oxygen atoms in total. The highest BCUT2D eigenvalue weighted by molar-refractivity contribution is 6.30. The van der Waals surface area contributed by atoms with Crippen molar-refractivity contribution in [2.75, 3.05) is 33.4 Å². The van der Waals surface area contributed by atoms with Crippen LogP contribution in [-0.4, -0.2) is 72.4 Å². The van der Waals surface area contributed by atoms with Crippen LogP contribution in [0.15, 0.2) is 24.3 Å². The van der Waals surface area contributed by atoms with Crippen LogP contribution in [-0.2, 0) is 20.9 Å². The fourth-order valence-corrected chi connectivity index (χ4v) is 3.43. The molecule has 0 saturated carbocycles. The Kier molecular flexibility index (Phi) is 7.68. The molecule has 10 heteroatoms. The minimum absolute atomic E-state index is 0.220. The average Bonchev–Trinajstić information content (AvgIpc) is 2.96. The molecule has 1 N–H and O–H groups in total. The van der Waals surface area contributed by atoms with E-state index < -0.39 is 12.1 Å². The third-order valence-electron chi connectivity index (χ3n) is 4.76. The Labute approximate surface area is 165 Å². The number of aliphatic carboxylic acids is 1. The Morgan fingerprint density at radius 3 is 2.36 bits per heavy atom. The number of hydrogen-bond acceptors (Lipinski definition) is 4. The number of fused-ring (bicyclic) bond motifs is 1. The van der Waals surface area contributed by atoms with Crippen LogP contribution in [0.25, 0.3) is 0 Å². The number of carboxylic acids is 1. The van der Waals surface area contributed by atoms with Crippen LogP contribution in [0.2, 0.25) is 5.02 Å². The molecule has 2 heterocycles. The Morgan fingerprint density at radius 1 is 1.21 bits per heavy atom. The van der Waals surface area contributed by atoms with Crippen LogP contribution in [0.3, 0.4) is 0 Å². The molecule has 2 fully saturated rings. The molecule has 0 radical (unpaired) electrons. The molecule has 0 bridgehead atoms. The second-order valence-corrected chi connectivity index (χ2v) is 7.16. The minimum Gasteiger partial charge on any atom is -0.475 e. The van der Waals surface area contributed by atoms with E-state index in [2.05, 4.69) is 17.0 Å². The molecule has 1 aromatic rings. The highest BCUT2D eigenvalue weighted by Crippen LogP contribution is 2.33. The quantitative estimate of drug-likeness (QED) is 0.790. The summed E-state index contributed by atoms with van der Waals surface area (Å²) in [5.74, 6) is -1.89. The maximum Gasteiger partial charge on any atom is 0.490 e. The minimum atomic E-state index is -5.08. The number of carboxylic acid groups (broad SMARTS) is 1. The Morgan fingerprint density at radius 2 is 1.82 bits per heavy atom. The monoisotopic (exact) mass is 422 g/mol. The van der Waals surface area contributed by atoms with E-state index in [1.807, 2.05) is 17.0 Å². The van der Waals surface area contributed by atoms with E-state index in [9.17, 15) is 18.0 Å². The van der Waals surface area contributed by atoms with Gasteiger partial charge in [-0.3, -0.25) is 9.69 Å². The molecule has 1 aromatic carbocycles. The van der Waals surface area contributed by atoms with Gasteiger partial charge in [-0.15, -0.1) is 0 Å². The van der Waals surface area contributed by atoms with Gasteiger partial charge in [0.2, 0.25) is 5.91 Å². The van der Waals surface area contributed by atoms with Crippen LogP contribution >= 0.6 is 11.6 Å². The van der Waals surface area contributed by atoms with Gasteiger partial charge in [0.15, 0.2) is 0 Å². The van der Waals surface area contributed by atoms with E-state index >= 15 is 0 Å². The second-order valence-electron chi connectivity index (χ2n) is 6.73. The molecular weight excluding hydrogens is 401 g/mol. The molecular formula is C18H22ClF3N2O4. The number of carbonyl (C=O) groups excluding carboxylic acids is 1. The molecule has 0 spiro atoms. The summed E-state index contributed by atoms with van der Waals surface area (Å²) in [6.07, 6.45) is -4.59. The first kappa shape index (κ1) is 22.4. The Hall–Kier alpha value is -1.84. The lowest BCUT2D eigenvalue weighted by molar-refractivity contribution is -0.192. The number of likely N-dealkylation sites (tertiary alicyclic amines) is 2. The van der Waals surface area contributed by atoms with Gasteiger partial charge < -0.3 is 14.7 Å². The van der Waals surface area contributed by atoms with Gasteiger partial charge in [0, 0.05) is 50.3 Å². The molecule has 0 aromatic heterocycles. The van der Waals surface area contributed by atoms with Gasteiger partial charge in [-0.25, -0.2) is 4.79 Å². The summed E-state index contributed by atoms with van der Waals surface area (Å²) in [4.78, 5) is 25.4. The summed E-state index contributed by atoms with van der Waals surface area (Å²) < 4.78 is 36.7. The number of benzene rings is 1. The van der Waals surface area contributed by atoms with E-state index in [1.54, 1.807) is 7.11 Å². The number of carbonyl (C=O) groups is 2. The zero-order valence-corrected chi connectivity index (χ0v) is 16.0. The fourth-order valence-electron chi connectivity index (χ4n) is 3.30. The van der Waals surface area contributed by atoms with Crippen molar-refractivity contribution in [3.8, 4) is 0 Å². The number of hydrogen-bond donors (Lipinski definition) is 1. The van der Waals surface area contributed by atoms with Crippen molar-refractivity contribution in [2.45, 2.75) is 25.2 Å². The van der Waals surface area contributed by atoms with Crippen LogP contribution in [0, 0.1) is 5.92 Å². The van der Waals surface area contributed by atoms with Crippen molar-refractivity contribution < 1.29 is 32.6 Å². The maximum absolute atomic E-state index is 12.0.